The van der Waals surface area contributed by atoms with Crippen LogP contribution in [-0.4, -0.2) is 41.4 Å². The van der Waals surface area contributed by atoms with E-state index in [4.69, 9.17) is 15.2 Å². The van der Waals surface area contributed by atoms with Crippen molar-refractivity contribution in [3.8, 4) is 16.9 Å². The molecule has 0 aliphatic carbocycles. The summed E-state index contributed by atoms with van der Waals surface area (Å²) in [5.74, 6) is -1.79. The number of rotatable bonds is 9. The molecule has 4 rings (SSSR count). The number of piperidine rings is 1. The molecule has 1 aliphatic heterocycles. The van der Waals surface area contributed by atoms with Gasteiger partial charge in [0.15, 0.2) is 17.7 Å². The molecule has 1 aromatic heterocycles. The Morgan fingerprint density at radius 1 is 1.12 bits per heavy atom. The van der Waals surface area contributed by atoms with Crippen molar-refractivity contribution < 1.29 is 28.2 Å². The minimum absolute atomic E-state index is 0.0699. The van der Waals surface area contributed by atoms with Crippen molar-refractivity contribution in [1.82, 2.24) is 4.98 Å². The quantitative estimate of drug-likeness (QED) is 0.278. The first-order valence-corrected chi connectivity index (χ1v) is 14.3. The zero-order valence-electron chi connectivity index (χ0n) is 25.3. The van der Waals surface area contributed by atoms with Gasteiger partial charge in [-0.15, -0.1) is 0 Å². The summed E-state index contributed by atoms with van der Waals surface area (Å²) in [6.45, 7) is 13.1. The molecule has 3 N–H and O–H groups in total. The van der Waals surface area contributed by atoms with Crippen LogP contribution in [0.25, 0.3) is 11.1 Å². The molecule has 0 radical (unpaired) electrons. The smallest absolute Gasteiger partial charge is 0.337 e. The SMILES string of the molecule is Cc1nc(N)c(-c2ccc(OCCc3ccc(F)cc3)c(F)c2)c(N2CCC(C)(C)CC2)c1[C@H](OC(C)(C)C)C(=O)O. The fourth-order valence-electron chi connectivity index (χ4n) is 5.28. The van der Waals surface area contributed by atoms with Gasteiger partial charge < -0.3 is 25.2 Å². The van der Waals surface area contributed by atoms with Crippen LogP contribution in [-0.2, 0) is 16.0 Å². The number of nitrogens with zero attached hydrogens (tertiary/aromatic N) is 2. The molecular formula is C33H41F2N3O4. The van der Waals surface area contributed by atoms with Crippen molar-refractivity contribution in [1.29, 1.82) is 0 Å². The topological polar surface area (TPSA) is 97.9 Å². The first-order valence-electron chi connectivity index (χ1n) is 14.3. The van der Waals surface area contributed by atoms with Gasteiger partial charge in [0.2, 0.25) is 0 Å². The first kappa shape index (κ1) is 31.2. The summed E-state index contributed by atoms with van der Waals surface area (Å²) in [6, 6.07) is 10.7. The number of nitrogen functional groups attached to an aromatic ring is 1. The number of carboxylic acids is 1. The van der Waals surface area contributed by atoms with Gasteiger partial charge in [-0.05, 0) is 81.3 Å². The Morgan fingerprint density at radius 2 is 1.76 bits per heavy atom. The largest absolute Gasteiger partial charge is 0.490 e. The molecule has 3 aromatic rings. The third kappa shape index (κ3) is 7.37. The number of aryl methyl sites for hydroxylation is 1. The predicted molar refractivity (Wildman–Crippen MR) is 161 cm³/mol. The Hall–Kier alpha value is -3.72. The van der Waals surface area contributed by atoms with E-state index in [-0.39, 0.29) is 29.4 Å². The van der Waals surface area contributed by atoms with E-state index >= 15 is 4.39 Å². The molecule has 1 aliphatic rings. The standard InChI is InChI=1S/C33H41F2N3O4/c1-20-26(29(31(39)40)42-32(2,3)4)28(38-16-14-33(5,6)15-17-38)27(30(36)37-20)22-9-12-25(24(35)19-22)41-18-13-21-7-10-23(34)11-8-21/h7-12,19,29H,13-18H2,1-6H3,(H2,36,37)(H,39,40)/t29-/m0/s1. The molecule has 0 unspecified atom stereocenters. The summed E-state index contributed by atoms with van der Waals surface area (Å²) in [7, 11) is 0. The van der Waals surface area contributed by atoms with E-state index in [0.717, 1.165) is 18.4 Å². The molecule has 1 atom stereocenters. The first-order chi connectivity index (χ1) is 19.6. The number of anilines is 2. The summed E-state index contributed by atoms with van der Waals surface area (Å²) in [4.78, 5) is 19.3. The van der Waals surface area contributed by atoms with Gasteiger partial charge >= 0.3 is 5.97 Å². The Balaban J connectivity index is 1.76. The van der Waals surface area contributed by atoms with Crippen LogP contribution < -0.4 is 15.4 Å². The van der Waals surface area contributed by atoms with Crippen LogP contribution in [0.4, 0.5) is 20.3 Å². The van der Waals surface area contributed by atoms with Gasteiger partial charge in [0.1, 0.15) is 11.6 Å². The average molecular weight is 582 g/mol. The van der Waals surface area contributed by atoms with Crippen LogP contribution in [0, 0.1) is 24.0 Å². The van der Waals surface area contributed by atoms with Crippen molar-refractivity contribution in [3.63, 3.8) is 0 Å². The van der Waals surface area contributed by atoms with E-state index in [1.165, 1.54) is 24.3 Å². The predicted octanol–water partition coefficient (Wildman–Crippen LogP) is 7.11. The second-order valence-corrected chi connectivity index (χ2v) is 12.7. The molecule has 9 heteroatoms. The number of aromatic nitrogens is 1. The maximum absolute atomic E-state index is 15.4. The molecule has 1 saturated heterocycles. The van der Waals surface area contributed by atoms with Gasteiger partial charge in [-0.3, -0.25) is 0 Å². The number of nitrogens with two attached hydrogens (primary N) is 1. The molecule has 0 spiro atoms. The van der Waals surface area contributed by atoms with E-state index < -0.39 is 23.5 Å². The molecule has 42 heavy (non-hydrogen) atoms. The fraction of sp³-hybridized carbons (Fsp3) is 0.455. The summed E-state index contributed by atoms with van der Waals surface area (Å²) < 4.78 is 40.4. The van der Waals surface area contributed by atoms with Crippen LogP contribution in [0.5, 0.6) is 5.75 Å². The maximum atomic E-state index is 15.4. The van der Waals surface area contributed by atoms with E-state index in [0.29, 0.717) is 47.6 Å². The number of carbonyl (C=O) groups is 1. The number of benzene rings is 2. The van der Waals surface area contributed by atoms with Crippen molar-refractivity contribution >= 4 is 17.5 Å². The van der Waals surface area contributed by atoms with Gasteiger partial charge in [0, 0.05) is 36.3 Å². The van der Waals surface area contributed by atoms with E-state index in [1.807, 2.05) is 0 Å². The Morgan fingerprint density at radius 3 is 2.33 bits per heavy atom. The molecule has 0 saturated carbocycles. The van der Waals surface area contributed by atoms with E-state index in [9.17, 15) is 14.3 Å². The number of ether oxygens (including phenoxy) is 2. The summed E-state index contributed by atoms with van der Waals surface area (Å²) >= 11 is 0. The number of hydrogen-bond donors (Lipinski definition) is 2. The average Bonchev–Trinajstić information content (AvgIpc) is 2.89. The second-order valence-electron chi connectivity index (χ2n) is 12.7. The molecule has 0 bridgehead atoms. The lowest BCUT2D eigenvalue weighted by atomic mass is 9.82. The number of pyridine rings is 1. The van der Waals surface area contributed by atoms with Crippen molar-refractivity contribution in [2.75, 3.05) is 30.3 Å². The van der Waals surface area contributed by atoms with Crippen LogP contribution in [0.1, 0.15) is 70.4 Å². The van der Waals surface area contributed by atoms with Crippen LogP contribution in [0.15, 0.2) is 42.5 Å². The Labute approximate surface area is 246 Å². The van der Waals surface area contributed by atoms with E-state index in [1.54, 1.807) is 45.9 Å². The Bertz CT molecular complexity index is 1420. The third-order valence-electron chi connectivity index (χ3n) is 7.60. The summed E-state index contributed by atoms with van der Waals surface area (Å²) in [6.07, 6.45) is 0.959. The summed E-state index contributed by atoms with van der Waals surface area (Å²) in [5, 5.41) is 10.3. The van der Waals surface area contributed by atoms with Crippen molar-refractivity contribution in [2.24, 2.45) is 5.41 Å². The lowest BCUT2D eigenvalue weighted by Gasteiger charge is -2.41. The van der Waals surface area contributed by atoms with E-state index in [2.05, 4.69) is 23.7 Å². The second kappa shape index (κ2) is 12.3. The minimum atomic E-state index is -1.30. The van der Waals surface area contributed by atoms with Gasteiger partial charge in [0.25, 0.3) is 0 Å². The maximum Gasteiger partial charge on any atom is 0.337 e. The zero-order valence-corrected chi connectivity index (χ0v) is 25.3. The molecule has 0 amide bonds. The molecular weight excluding hydrogens is 540 g/mol. The highest BCUT2D eigenvalue weighted by Crippen LogP contribution is 2.46. The van der Waals surface area contributed by atoms with Gasteiger partial charge in [0.05, 0.1) is 17.9 Å². The lowest BCUT2D eigenvalue weighted by molar-refractivity contribution is -0.160. The van der Waals surface area contributed by atoms with Crippen molar-refractivity contribution in [2.45, 2.75) is 72.5 Å². The highest BCUT2D eigenvalue weighted by atomic mass is 19.1. The van der Waals surface area contributed by atoms with Gasteiger partial charge in [-0.25, -0.2) is 18.6 Å². The summed E-state index contributed by atoms with van der Waals surface area (Å²) in [5.41, 5.74) is 9.19. The number of hydrogen-bond acceptors (Lipinski definition) is 6. The van der Waals surface area contributed by atoms with Gasteiger partial charge in [-0.2, -0.15) is 0 Å². The Kier molecular flexibility index (Phi) is 9.11. The van der Waals surface area contributed by atoms with Crippen LogP contribution >= 0.6 is 0 Å². The highest BCUT2D eigenvalue weighted by Gasteiger charge is 2.36. The van der Waals surface area contributed by atoms with Crippen molar-refractivity contribution in [3.05, 3.63) is 70.9 Å². The monoisotopic (exact) mass is 581 g/mol. The molecule has 1 fully saturated rings. The minimum Gasteiger partial charge on any atom is -0.490 e. The third-order valence-corrected chi connectivity index (χ3v) is 7.60. The highest BCUT2D eigenvalue weighted by molar-refractivity contribution is 5.92. The fourth-order valence-corrected chi connectivity index (χ4v) is 5.28. The normalized spacial score (nSPS) is 15.9. The van der Waals surface area contributed by atoms with Crippen LogP contribution in [0.2, 0.25) is 0 Å². The molecule has 7 nitrogen and oxygen atoms in total. The molecule has 226 valence electrons. The van der Waals surface area contributed by atoms with Crippen LogP contribution in [0.3, 0.4) is 0 Å². The van der Waals surface area contributed by atoms with Gasteiger partial charge in [-0.1, -0.05) is 32.0 Å². The lowest BCUT2D eigenvalue weighted by Crippen LogP contribution is -2.39. The number of carboxylic acid groups (broad SMARTS) is 1. The molecule has 2 heterocycles. The zero-order chi connectivity index (χ0) is 30.8. The molecule has 2 aromatic carbocycles. The number of aliphatic carboxylic acids is 1. The number of halogens is 2.